The number of halogens is 1. The number of anilines is 2. The molecule has 4 nitrogen and oxygen atoms in total. The third kappa shape index (κ3) is 2.23. The first-order valence-corrected chi connectivity index (χ1v) is 7.99. The van der Waals surface area contributed by atoms with Gasteiger partial charge in [0.25, 0.3) is 0 Å². The SMILES string of the molecule is Cc1cc2nc(Nc3nc4c(Cl)cccc4s3)oc2cc1C. The second-order valence-electron chi connectivity index (χ2n) is 5.15. The lowest BCUT2D eigenvalue weighted by molar-refractivity contribution is 0.622. The number of thiazole rings is 1. The Morgan fingerprint density at radius 1 is 1.14 bits per heavy atom. The minimum atomic E-state index is 0.440. The van der Waals surface area contributed by atoms with Crippen molar-refractivity contribution in [2.45, 2.75) is 13.8 Å². The van der Waals surface area contributed by atoms with E-state index in [1.165, 1.54) is 22.5 Å². The highest BCUT2D eigenvalue weighted by atomic mass is 35.5. The fraction of sp³-hybridized carbons (Fsp3) is 0.125. The number of para-hydroxylation sites is 1. The van der Waals surface area contributed by atoms with Crippen LogP contribution in [0.4, 0.5) is 11.1 Å². The van der Waals surface area contributed by atoms with E-state index in [-0.39, 0.29) is 0 Å². The molecule has 6 heteroatoms. The molecule has 2 heterocycles. The number of hydrogen-bond acceptors (Lipinski definition) is 5. The molecule has 110 valence electrons. The Balaban J connectivity index is 1.74. The van der Waals surface area contributed by atoms with E-state index in [4.69, 9.17) is 16.0 Å². The first kappa shape index (κ1) is 13.5. The van der Waals surface area contributed by atoms with Crippen LogP contribution in [0.5, 0.6) is 0 Å². The summed E-state index contributed by atoms with van der Waals surface area (Å²) in [5.74, 6) is 0. The van der Waals surface area contributed by atoms with Crippen molar-refractivity contribution < 1.29 is 4.42 Å². The van der Waals surface area contributed by atoms with Crippen molar-refractivity contribution in [3.8, 4) is 0 Å². The zero-order valence-electron chi connectivity index (χ0n) is 12.0. The summed E-state index contributed by atoms with van der Waals surface area (Å²) in [4.78, 5) is 8.95. The Kier molecular flexibility index (Phi) is 3.06. The number of fused-ring (bicyclic) bond motifs is 2. The molecule has 0 amide bonds. The Morgan fingerprint density at radius 2 is 1.95 bits per heavy atom. The number of rotatable bonds is 2. The Hall–Kier alpha value is -2.11. The van der Waals surface area contributed by atoms with E-state index in [1.54, 1.807) is 0 Å². The highest BCUT2D eigenvalue weighted by Gasteiger charge is 2.11. The van der Waals surface area contributed by atoms with E-state index in [1.807, 2.05) is 30.3 Å². The van der Waals surface area contributed by atoms with Gasteiger partial charge in [-0.2, -0.15) is 4.98 Å². The lowest BCUT2D eigenvalue weighted by Gasteiger charge is -1.96. The van der Waals surface area contributed by atoms with Gasteiger partial charge in [-0.1, -0.05) is 29.0 Å². The molecule has 0 radical (unpaired) electrons. The largest absolute Gasteiger partial charge is 0.423 e. The van der Waals surface area contributed by atoms with E-state index in [0.29, 0.717) is 16.2 Å². The summed E-state index contributed by atoms with van der Waals surface area (Å²) in [6.07, 6.45) is 0. The van der Waals surface area contributed by atoms with Gasteiger partial charge in [0.05, 0.1) is 9.72 Å². The summed E-state index contributed by atoms with van der Waals surface area (Å²) in [6, 6.07) is 10.2. The molecule has 0 fully saturated rings. The number of oxazole rings is 1. The summed E-state index contributed by atoms with van der Waals surface area (Å²) < 4.78 is 6.77. The first-order valence-electron chi connectivity index (χ1n) is 6.80. The quantitative estimate of drug-likeness (QED) is 0.531. The van der Waals surface area contributed by atoms with Crippen molar-refractivity contribution >= 4 is 55.4 Å². The molecule has 0 atom stereocenters. The lowest BCUT2D eigenvalue weighted by atomic mass is 10.1. The maximum Gasteiger partial charge on any atom is 0.302 e. The minimum absolute atomic E-state index is 0.440. The van der Waals surface area contributed by atoms with Gasteiger partial charge in [0, 0.05) is 0 Å². The van der Waals surface area contributed by atoms with Gasteiger partial charge >= 0.3 is 6.01 Å². The van der Waals surface area contributed by atoms with Crippen LogP contribution in [0.3, 0.4) is 0 Å². The van der Waals surface area contributed by atoms with Crippen LogP contribution in [-0.4, -0.2) is 9.97 Å². The average Bonchev–Trinajstić information content (AvgIpc) is 3.04. The molecule has 2 aromatic carbocycles. The monoisotopic (exact) mass is 329 g/mol. The Labute approximate surface area is 135 Å². The predicted octanol–water partition coefficient (Wildman–Crippen LogP) is 5.45. The molecule has 0 aliphatic heterocycles. The summed E-state index contributed by atoms with van der Waals surface area (Å²) >= 11 is 7.67. The number of aryl methyl sites for hydroxylation is 2. The third-order valence-electron chi connectivity index (χ3n) is 3.59. The maximum absolute atomic E-state index is 6.15. The molecule has 0 unspecified atom stereocenters. The molecule has 0 bridgehead atoms. The van der Waals surface area contributed by atoms with E-state index in [2.05, 4.69) is 29.1 Å². The van der Waals surface area contributed by atoms with Crippen molar-refractivity contribution in [3.63, 3.8) is 0 Å². The van der Waals surface area contributed by atoms with Crippen molar-refractivity contribution in [1.82, 2.24) is 9.97 Å². The number of nitrogens with zero attached hydrogens (tertiary/aromatic N) is 2. The highest BCUT2D eigenvalue weighted by molar-refractivity contribution is 7.22. The van der Waals surface area contributed by atoms with Gasteiger partial charge in [-0.25, -0.2) is 4.98 Å². The van der Waals surface area contributed by atoms with E-state index < -0.39 is 0 Å². The molecule has 0 aliphatic rings. The topological polar surface area (TPSA) is 51.0 Å². The number of hydrogen-bond donors (Lipinski definition) is 1. The lowest BCUT2D eigenvalue weighted by Crippen LogP contribution is -1.88. The fourth-order valence-corrected chi connectivity index (χ4v) is 3.45. The molecule has 0 saturated heterocycles. The molecular formula is C16H12ClN3OS. The van der Waals surface area contributed by atoms with Gasteiger partial charge < -0.3 is 4.42 Å². The molecule has 22 heavy (non-hydrogen) atoms. The Morgan fingerprint density at radius 3 is 2.77 bits per heavy atom. The maximum atomic E-state index is 6.15. The average molecular weight is 330 g/mol. The number of benzene rings is 2. The van der Waals surface area contributed by atoms with Crippen molar-refractivity contribution in [2.75, 3.05) is 5.32 Å². The molecule has 1 N–H and O–H groups in total. The van der Waals surface area contributed by atoms with Gasteiger partial charge in [-0.3, -0.25) is 5.32 Å². The molecule has 2 aromatic heterocycles. The van der Waals surface area contributed by atoms with Gasteiger partial charge in [0.15, 0.2) is 10.7 Å². The number of nitrogens with one attached hydrogen (secondary N) is 1. The van der Waals surface area contributed by atoms with Crippen LogP contribution in [0.25, 0.3) is 21.3 Å². The van der Waals surface area contributed by atoms with Crippen LogP contribution < -0.4 is 5.32 Å². The van der Waals surface area contributed by atoms with Crippen LogP contribution in [-0.2, 0) is 0 Å². The minimum Gasteiger partial charge on any atom is -0.423 e. The van der Waals surface area contributed by atoms with Crippen molar-refractivity contribution in [1.29, 1.82) is 0 Å². The molecule has 4 rings (SSSR count). The zero-order valence-corrected chi connectivity index (χ0v) is 13.5. The van der Waals surface area contributed by atoms with Crippen LogP contribution in [0, 0.1) is 13.8 Å². The first-order chi connectivity index (χ1) is 10.6. The number of aromatic nitrogens is 2. The van der Waals surface area contributed by atoms with Crippen LogP contribution in [0.1, 0.15) is 11.1 Å². The molecular weight excluding hydrogens is 318 g/mol. The standard InChI is InChI=1S/C16H12ClN3OS/c1-8-6-11-12(7-9(8)2)21-15(18-11)20-16-19-14-10(17)4-3-5-13(14)22-16/h3-7H,1-2H3,(H,18,19,20). The molecule has 0 aliphatic carbocycles. The van der Waals surface area contributed by atoms with E-state index in [9.17, 15) is 0 Å². The van der Waals surface area contributed by atoms with E-state index >= 15 is 0 Å². The van der Waals surface area contributed by atoms with Crippen LogP contribution >= 0.6 is 22.9 Å². The molecule has 0 saturated carbocycles. The zero-order chi connectivity index (χ0) is 15.3. The summed E-state index contributed by atoms with van der Waals surface area (Å²) in [5.41, 5.74) is 4.77. The second kappa shape index (κ2) is 4.97. The normalized spacial score (nSPS) is 11.4. The van der Waals surface area contributed by atoms with Crippen LogP contribution in [0.2, 0.25) is 5.02 Å². The van der Waals surface area contributed by atoms with Gasteiger partial charge in [-0.05, 0) is 49.2 Å². The van der Waals surface area contributed by atoms with E-state index in [0.717, 1.165) is 21.3 Å². The predicted molar refractivity (Wildman–Crippen MR) is 91.4 cm³/mol. The smallest absolute Gasteiger partial charge is 0.302 e. The van der Waals surface area contributed by atoms with Gasteiger partial charge in [0.1, 0.15) is 11.0 Å². The fourth-order valence-electron chi connectivity index (χ4n) is 2.29. The molecule has 0 spiro atoms. The highest BCUT2D eigenvalue weighted by Crippen LogP contribution is 2.33. The van der Waals surface area contributed by atoms with Gasteiger partial charge in [-0.15, -0.1) is 0 Å². The summed E-state index contributed by atoms with van der Waals surface area (Å²) in [6.45, 7) is 4.12. The second-order valence-corrected chi connectivity index (χ2v) is 6.59. The molecule has 4 aromatic rings. The Bertz CT molecular complexity index is 966. The van der Waals surface area contributed by atoms with Crippen LogP contribution in [0.15, 0.2) is 34.7 Å². The van der Waals surface area contributed by atoms with Crippen molar-refractivity contribution in [3.05, 3.63) is 46.5 Å². The van der Waals surface area contributed by atoms with Gasteiger partial charge in [0.2, 0.25) is 0 Å². The third-order valence-corrected chi connectivity index (χ3v) is 4.83. The summed E-state index contributed by atoms with van der Waals surface area (Å²) in [5, 5.41) is 4.48. The van der Waals surface area contributed by atoms with Crippen molar-refractivity contribution in [2.24, 2.45) is 0 Å². The summed E-state index contributed by atoms with van der Waals surface area (Å²) in [7, 11) is 0.